The Kier molecular flexibility index (Phi) is 4.28. The molecule has 0 fully saturated rings. The number of hydrogen-bond acceptors (Lipinski definition) is 1. The van der Waals surface area contributed by atoms with Gasteiger partial charge in [0.15, 0.2) is 0 Å². The van der Waals surface area contributed by atoms with E-state index in [2.05, 4.69) is 57.1 Å². The molecule has 0 saturated heterocycles. The summed E-state index contributed by atoms with van der Waals surface area (Å²) in [6.45, 7) is 13.1. The Morgan fingerprint density at radius 1 is 1.32 bits per heavy atom. The first-order chi connectivity index (χ1) is 10.0. The van der Waals surface area contributed by atoms with Crippen molar-refractivity contribution in [3.63, 3.8) is 0 Å². The van der Waals surface area contributed by atoms with E-state index in [1.807, 2.05) is 6.92 Å². The topological polar surface area (TPSA) is 37.3 Å². The van der Waals surface area contributed by atoms with Crippen LogP contribution in [-0.2, 0) is 10.2 Å². The highest BCUT2D eigenvalue weighted by atomic mass is 28.3. The van der Waals surface area contributed by atoms with E-state index in [-0.39, 0.29) is 11.3 Å². The van der Waals surface area contributed by atoms with Crippen LogP contribution in [0.3, 0.4) is 0 Å². The highest BCUT2D eigenvalue weighted by molar-refractivity contribution is 6.83. The SMILES string of the molecule is Cc1cc2c(cc1C#C[Si](C)(C)C)C(C)(C)CCC2C(=O)O. The van der Waals surface area contributed by atoms with E-state index in [9.17, 15) is 9.90 Å². The molecule has 1 aromatic carbocycles. The van der Waals surface area contributed by atoms with E-state index in [0.717, 1.165) is 28.7 Å². The van der Waals surface area contributed by atoms with Crippen molar-refractivity contribution in [2.24, 2.45) is 0 Å². The first kappa shape index (κ1) is 16.8. The van der Waals surface area contributed by atoms with Crippen LogP contribution in [-0.4, -0.2) is 19.1 Å². The second kappa shape index (κ2) is 5.59. The lowest BCUT2D eigenvalue weighted by molar-refractivity contribution is -0.139. The Labute approximate surface area is 135 Å². The van der Waals surface area contributed by atoms with Gasteiger partial charge in [-0.05, 0) is 47.9 Å². The first-order valence-electron chi connectivity index (χ1n) is 7.92. The van der Waals surface area contributed by atoms with E-state index in [1.165, 1.54) is 0 Å². The molecule has 1 atom stereocenters. The number of carboxylic acids is 1. The maximum absolute atomic E-state index is 11.6. The Balaban J connectivity index is 2.60. The molecule has 0 amide bonds. The van der Waals surface area contributed by atoms with Gasteiger partial charge in [0.2, 0.25) is 0 Å². The lowest BCUT2D eigenvalue weighted by atomic mass is 9.68. The van der Waals surface area contributed by atoms with Crippen LogP contribution in [0, 0.1) is 18.4 Å². The van der Waals surface area contributed by atoms with E-state index in [4.69, 9.17) is 0 Å². The van der Waals surface area contributed by atoms with E-state index in [0.29, 0.717) is 6.42 Å². The van der Waals surface area contributed by atoms with Crippen LogP contribution in [0.25, 0.3) is 0 Å². The maximum atomic E-state index is 11.6. The molecule has 0 radical (unpaired) electrons. The van der Waals surface area contributed by atoms with Crippen molar-refractivity contribution in [1.29, 1.82) is 0 Å². The Morgan fingerprint density at radius 3 is 2.50 bits per heavy atom. The molecule has 3 heteroatoms. The Bertz CT molecular complexity index is 669. The minimum absolute atomic E-state index is 0.0184. The number of benzene rings is 1. The average Bonchev–Trinajstić information content (AvgIpc) is 2.35. The standard InChI is InChI=1S/C19H26O2Si/c1-13-11-16-15(18(20)21)7-9-19(2,3)17(16)12-14(13)8-10-22(4,5)6/h11-12,15H,7,9H2,1-6H3,(H,20,21). The predicted octanol–water partition coefficient (Wildman–Crippen LogP) is 4.46. The molecule has 2 nitrogen and oxygen atoms in total. The largest absolute Gasteiger partial charge is 0.481 e. The zero-order chi connectivity index (χ0) is 16.7. The molecule has 1 N–H and O–H groups in total. The predicted molar refractivity (Wildman–Crippen MR) is 94.0 cm³/mol. The van der Waals surface area contributed by atoms with Crippen LogP contribution < -0.4 is 0 Å². The molecule has 0 bridgehead atoms. The molecule has 0 aliphatic heterocycles. The molecule has 2 rings (SSSR count). The smallest absolute Gasteiger partial charge is 0.310 e. The highest BCUT2D eigenvalue weighted by Crippen LogP contribution is 2.43. The van der Waals surface area contributed by atoms with Crippen LogP contribution >= 0.6 is 0 Å². The third-order valence-corrected chi connectivity index (χ3v) is 5.30. The van der Waals surface area contributed by atoms with Gasteiger partial charge in [0.25, 0.3) is 0 Å². The summed E-state index contributed by atoms with van der Waals surface area (Å²) >= 11 is 0. The van der Waals surface area contributed by atoms with Crippen molar-refractivity contribution in [2.45, 2.75) is 64.6 Å². The van der Waals surface area contributed by atoms with Gasteiger partial charge in [0.05, 0.1) is 5.92 Å². The van der Waals surface area contributed by atoms with Gasteiger partial charge in [-0.25, -0.2) is 0 Å². The monoisotopic (exact) mass is 314 g/mol. The lowest BCUT2D eigenvalue weighted by Crippen LogP contribution is -2.29. The molecule has 0 aromatic heterocycles. The molecule has 22 heavy (non-hydrogen) atoms. The number of fused-ring (bicyclic) bond motifs is 1. The number of rotatable bonds is 1. The fourth-order valence-corrected chi connectivity index (χ4v) is 3.56. The summed E-state index contributed by atoms with van der Waals surface area (Å²) < 4.78 is 0. The maximum Gasteiger partial charge on any atom is 0.310 e. The second-order valence-electron chi connectivity index (χ2n) is 8.07. The van der Waals surface area contributed by atoms with Crippen LogP contribution in [0.5, 0.6) is 0 Å². The molecule has 0 saturated carbocycles. The summed E-state index contributed by atoms with van der Waals surface area (Å²) in [5.74, 6) is 2.26. The van der Waals surface area contributed by atoms with Gasteiger partial charge in [0, 0.05) is 5.56 Å². The lowest BCUT2D eigenvalue weighted by Gasteiger charge is -2.36. The number of hydrogen-bond donors (Lipinski definition) is 1. The van der Waals surface area contributed by atoms with Crippen molar-refractivity contribution in [2.75, 3.05) is 0 Å². The van der Waals surface area contributed by atoms with Crippen molar-refractivity contribution >= 4 is 14.0 Å². The van der Waals surface area contributed by atoms with Gasteiger partial charge in [-0.15, -0.1) is 5.54 Å². The average molecular weight is 315 g/mol. The molecule has 1 aromatic rings. The molecule has 1 unspecified atom stereocenters. The molecule has 1 aliphatic carbocycles. The minimum atomic E-state index is -1.42. The first-order valence-corrected chi connectivity index (χ1v) is 11.4. The minimum Gasteiger partial charge on any atom is -0.481 e. The molecule has 0 spiro atoms. The van der Waals surface area contributed by atoms with Crippen LogP contribution in [0.1, 0.15) is 54.9 Å². The number of carboxylic acid groups (broad SMARTS) is 1. The summed E-state index contributed by atoms with van der Waals surface area (Å²) in [4.78, 5) is 11.6. The van der Waals surface area contributed by atoms with Gasteiger partial charge < -0.3 is 5.11 Å². The van der Waals surface area contributed by atoms with Gasteiger partial charge >= 0.3 is 5.97 Å². The molecular weight excluding hydrogens is 288 g/mol. The normalized spacial score (nSPS) is 19.8. The van der Waals surface area contributed by atoms with Crippen LogP contribution in [0.15, 0.2) is 12.1 Å². The summed E-state index contributed by atoms with van der Waals surface area (Å²) in [6, 6.07) is 4.20. The fraction of sp³-hybridized carbons (Fsp3) is 0.526. The van der Waals surface area contributed by atoms with Gasteiger partial charge in [0.1, 0.15) is 8.07 Å². The van der Waals surface area contributed by atoms with Gasteiger partial charge in [-0.1, -0.05) is 45.5 Å². The Morgan fingerprint density at radius 2 is 1.95 bits per heavy atom. The second-order valence-corrected chi connectivity index (χ2v) is 12.8. The highest BCUT2D eigenvalue weighted by Gasteiger charge is 2.36. The fourth-order valence-electron chi connectivity index (χ4n) is 3.05. The van der Waals surface area contributed by atoms with Crippen molar-refractivity contribution in [1.82, 2.24) is 0 Å². The number of aliphatic carboxylic acids is 1. The zero-order valence-electron chi connectivity index (χ0n) is 14.5. The van der Waals surface area contributed by atoms with Crippen molar-refractivity contribution < 1.29 is 9.90 Å². The third kappa shape index (κ3) is 3.44. The van der Waals surface area contributed by atoms with Crippen molar-refractivity contribution in [3.8, 4) is 11.5 Å². The van der Waals surface area contributed by atoms with Crippen LogP contribution in [0.4, 0.5) is 0 Å². The van der Waals surface area contributed by atoms with E-state index >= 15 is 0 Å². The summed E-state index contributed by atoms with van der Waals surface area (Å²) in [5, 5.41) is 9.50. The van der Waals surface area contributed by atoms with Crippen LogP contribution in [0.2, 0.25) is 19.6 Å². The van der Waals surface area contributed by atoms with Gasteiger partial charge in [-0.2, -0.15) is 0 Å². The third-order valence-electron chi connectivity index (χ3n) is 4.43. The number of carbonyl (C=O) groups is 1. The molecule has 1 aliphatic rings. The Hall–Kier alpha value is -1.53. The number of aryl methyl sites for hydroxylation is 1. The van der Waals surface area contributed by atoms with Gasteiger partial charge in [-0.3, -0.25) is 4.79 Å². The molecular formula is C19H26O2Si. The molecule has 118 valence electrons. The quantitative estimate of drug-likeness (QED) is 0.613. The summed E-state index contributed by atoms with van der Waals surface area (Å²) in [5.41, 5.74) is 7.73. The molecule has 0 heterocycles. The van der Waals surface area contributed by atoms with E-state index in [1.54, 1.807) is 0 Å². The van der Waals surface area contributed by atoms with E-state index < -0.39 is 14.0 Å². The zero-order valence-corrected chi connectivity index (χ0v) is 15.5. The summed E-state index contributed by atoms with van der Waals surface area (Å²) in [7, 11) is -1.42. The van der Waals surface area contributed by atoms with Crippen molar-refractivity contribution in [3.05, 3.63) is 34.4 Å². The summed E-state index contributed by atoms with van der Waals surface area (Å²) in [6.07, 6.45) is 1.62.